The molecule has 0 aliphatic rings. The van der Waals surface area contributed by atoms with E-state index in [2.05, 4.69) is 71.3 Å². The van der Waals surface area contributed by atoms with Gasteiger partial charge in [-0.2, -0.15) is 8.42 Å². The van der Waals surface area contributed by atoms with Crippen molar-refractivity contribution in [1.82, 2.24) is 10.6 Å². The van der Waals surface area contributed by atoms with Gasteiger partial charge in [0.05, 0.1) is 20.5 Å². The number of unbranched alkanes of at least 4 members (excludes halogenated alkanes) is 3. The van der Waals surface area contributed by atoms with E-state index in [4.69, 9.17) is 14.0 Å². The number of hydrogen-bond acceptors (Lipinski definition) is 6. The molecule has 0 saturated carbocycles. The first-order valence-electron chi connectivity index (χ1n) is 13.2. The molecule has 210 valence electrons. The highest BCUT2D eigenvalue weighted by molar-refractivity contribution is 7.85. The van der Waals surface area contributed by atoms with Crippen LogP contribution in [0.5, 0.6) is 11.5 Å². The second-order valence-electron chi connectivity index (χ2n) is 9.60. The molecule has 4 aromatic carbocycles. The molecular formula is C31H40N2O5S. The van der Waals surface area contributed by atoms with E-state index < -0.39 is 10.1 Å². The molecular weight excluding hydrogens is 512 g/mol. The first-order chi connectivity index (χ1) is 18.7. The Morgan fingerprint density at radius 2 is 0.974 bits per heavy atom. The highest BCUT2D eigenvalue weighted by atomic mass is 32.2. The normalized spacial score (nSPS) is 11.3. The SMILES string of the molecule is COc1ccc2cc(CNCCCCCCNCc3ccc4cc(OC)ccc4c3)ccc2c1.CS(=O)(=O)O. The minimum absolute atomic E-state index is 0.715. The van der Waals surface area contributed by atoms with E-state index in [1.807, 2.05) is 12.1 Å². The quantitative estimate of drug-likeness (QED) is 0.139. The van der Waals surface area contributed by atoms with Crippen LogP contribution in [0.25, 0.3) is 21.5 Å². The van der Waals surface area contributed by atoms with E-state index >= 15 is 0 Å². The Hall–Kier alpha value is -3.17. The molecule has 0 amide bonds. The smallest absolute Gasteiger partial charge is 0.261 e. The molecule has 0 heterocycles. The molecule has 0 aliphatic heterocycles. The maximum atomic E-state index is 9.19. The fourth-order valence-corrected chi connectivity index (χ4v) is 4.34. The number of rotatable bonds is 13. The van der Waals surface area contributed by atoms with Gasteiger partial charge in [0, 0.05) is 13.1 Å². The first kappa shape index (κ1) is 30.4. The van der Waals surface area contributed by atoms with E-state index in [9.17, 15) is 8.42 Å². The summed E-state index contributed by atoms with van der Waals surface area (Å²) in [6.45, 7) is 3.97. The van der Waals surface area contributed by atoms with Crippen LogP contribution >= 0.6 is 0 Å². The van der Waals surface area contributed by atoms with Gasteiger partial charge in [0.2, 0.25) is 0 Å². The van der Waals surface area contributed by atoms with Gasteiger partial charge in [-0.25, -0.2) is 0 Å². The van der Waals surface area contributed by atoms with Crippen molar-refractivity contribution in [1.29, 1.82) is 0 Å². The molecule has 0 unspecified atom stereocenters. The largest absolute Gasteiger partial charge is 0.497 e. The molecule has 0 fully saturated rings. The fourth-order valence-electron chi connectivity index (χ4n) is 4.34. The summed E-state index contributed by atoms with van der Waals surface area (Å²) in [4.78, 5) is 0. The summed E-state index contributed by atoms with van der Waals surface area (Å²) in [6.07, 6.45) is 5.69. The predicted molar refractivity (Wildman–Crippen MR) is 160 cm³/mol. The molecule has 39 heavy (non-hydrogen) atoms. The Morgan fingerprint density at radius 1 is 0.615 bits per heavy atom. The maximum absolute atomic E-state index is 9.19. The van der Waals surface area contributed by atoms with Crippen LogP contribution in [0.15, 0.2) is 72.8 Å². The summed E-state index contributed by atoms with van der Waals surface area (Å²) in [5.41, 5.74) is 2.66. The van der Waals surface area contributed by atoms with Crippen LogP contribution in [0.3, 0.4) is 0 Å². The Morgan fingerprint density at radius 3 is 1.36 bits per heavy atom. The number of hydrogen-bond donors (Lipinski definition) is 3. The third-order valence-corrected chi connectivity index (χ3v) is 6.34. The zero-order chi connectivity index (χ0) is 28.1. The topological polar surface area (TPSA) is 96.9 Å². The van der Waals surface area contributed by atoms with Gasteiger partial charge in [0.15, 0.2) is 0 Å². The summed E-state index contributed by atoms with van der Waals surface area (Å²) in [5, 5.41) is 12.1. The van der Waals surface area contributed by atoms with Crippen LogP contribution in [0, 0.1) is 0 Å². The van der Waals surface area contributed by atoms with E-state index in [1.165, 1.54) is 58.4 Å². The Kier molecular flexibility index (Phi) is 12.0. The molecule has 0 spiro atoms. The van der Waals surface area contributed by atoms with Gasteiger partial charge in [-0.15, -0.1) is 0 Å². The monoisotopic (exact) mass is 552 g/mol. The highest BCUT2D eigenvalue weighted by Crippen LogP contribution is 2.23. The lowest BCUT2D eigenvalue weighted by Crippen LogP contribution is -2.16. The summed E-state index contributed by atoms with van der Waals surface area (Å²) < 4.78 is 36.5. The third kappa shape index (κ3) is 11.2. The lowest BCUT2D eigenvalue weighted by molar-refractivity contribution is 0.415. The minimum atomic E-state index is -3.67. The van der Waals surface area contributed by atoms with Crippen LogP contribution in [0.4, 0.5) is 0 Å². The molecule has 0 radical (unpaired) electrons. The lowest BCUT2D eigenvalue weighted by atomic mass is 10.1. The molecule has 7 nitrogen and oxygen atoms in total. The number of ether oxygens (including phenoxy) is 2. The van der Waals surface area contributed by atoms with Crippen LogP contribution < -0.4 is 20.1 Å². The average Bonchev–Trinajstić information content (AvgIpc) is 2.92. The van der Waals surface area contributed by atoms with Gasteiger partial charge in [-0.1, -0.05) is 49.2 Å². The Balaban J connectivity index is 0.000000771. The molecule has 3 N–H and O–H groups in total. The summed E-state index contributed by atoms with van der Waals surface area (Å²) in [5.74, 6) is 1.81. The molecule has 0 saturated heterocycles. The molecule has 0 aromatic heterocycles. The standard InChI is InChI=1S/C30H36N2O2.CH4O3S/c1-33-29-13-11-25-17-23(7-9-27(25)19-29)21-31-15-5-3-4-6-16-32-22-24-8-10-28-20-30(34-2)14-12-26(28)18-24;1-5(2,3)4/h7-14,17-20,31-32H,3-6,15-16,21-22H2,1-2H3;1H3,(H,2,3,4). The van der Waals surface area contributed by atoms with E-state index in [0.29, 0.717) is 6.26 Å². The van der Waals surface area contributed by atoms with E-state index in [-0.39, 0.29) is 0 Å². The summed E-state index contributed by atoms with van der Waals surface area (Å²) in [7, 11) is -0.249. The molecule has 4 aromatic rings. The lowest BCUT2D eigenvalue weighted by Gasteiger charge is -2.08. The van der Waals surface area contributed by atoms with E-state index in [0.717, 1.165) is 37.7 Å². The zero-order valence-corrected chi connectivity index (χ0v) is 23.9. The number of fused-ring (bicyclic) bond motifs is 2. The van der Waals surface area contributed by atoms with Crippen LogP contribution in [-0.2, 0) is 23.2 Å². The van der Waals surface area contributed by atoms with Crippen molar-refractivity contribution in [3.8, 4) is 11.5 Å². The molecule has 0 aliphatic carbocycles. The third-order valence-electron chi connectivity index (χ3n) is 6.34. The van der Waals surface area contributed by atoms with Crippen molar-refractivity contribution in [2.45, 2.75) is 38.8 Å². The van der Waals surface area contributed by atoms with E-state index in [1.54, 1.807) is 14.2 Å². The van der Waals surface area contributed by atoms with Gasteiger partial charge in [0.25, 0.3) is 10.1 Å². The maximum Gasteiger partial charge on any atom is 0.261 e. The van der Waals surface area contributed by atoms with Crippen molar-refractivity contribution in [3.63, 3.8) is 0 Å². The second-order valence-corrected chi connectivity index (χ2v) is 11.1. The van der Waals surface area contributed by atoms with Crippen LogP contribution in [0.1, 0.15) is 36.8 Å². The van der Waals surface area contributed by atoms with Gasteiger partial charge in [0.1, 0.15) is 11.5 Å². The minimum Gasteiger partial charge on any atom is -0.497 e. The zero-order valence-electron chi connectivity index (χ0n) is 23.1. The Bertz CT molecular complexity index is 1340. The first-order valence-corrected chi connectivity index (χ1v) is 15.1. The van der Waals surface area contributed by atoms with Gasteiger partial charge in [-0.05, 0) is 95.0 Å². The highest BCUT2D eigenvalue weighted by Gasteiger charge is 2.01. The van der Waals surface area contributed by atoms with Crippen LogP contribution in [0.2, 0.25) is 0 Å². The average molecular weight is 553 g/mol. The second kappa shape index (κ2) is 15.4. The molecule has 0 bridgehead atoms. The number of benzene rings is 4. The van der Waals surface area contributed by atoms with Gasteiger partial charge >= 0.3 is 0 Å². The van der Waals surface area contributed by atoms with Gasteiger partial charge in [-0.3, -0.25) is 4.55 Å². The molecule has 0 atom stereocenters. The number of methoxy groups -OCH3 is 2. The van der Waals surface area contributed by atoms with Crippen molar-refractivity contribution < 1.29 is 22.4 Å². The van der Waals surface area contributed by atoms with Crippen LogP contribution in [-0.4, -0.2) is 46.5 Å². The van der Waals surface area contributed by atoms with Crippen molar-refractivity contribution in [3.05, 3.63) is 83.9 Å². The summed E-state index contributed by atoms with van der Waals surface area (Å²) in [6, 6.07) is 25.8. The molecule has 8 heteroatoms. The van der Waals surface area contributed by atoms with Crippen molar-refractivity contribution >= 4 is 31.7 Å². The molecule has 4 rings (SSSR count). The fraction of sp³-hybridized carbons (Fsp3) is 0.355. The Labute approximate surface area is 232 Å². The number of nitrogens with one attached hydrogen (secondary N) is 2. The summed E-state index contributed by atoms with van der Waals surface area (Å²) >= 11 is 0. The van der Waals surface area contributed by atoms with Crippen molar-refractivity contribution in [2.24, 2.45) is 0 Å². The van der Waals surface area contributed by atoms with Crippen molar-refractivity contribution in [2.75, 3.05) is 33.6 Å². The van der Waals surface area contributed by atoms with Gasteiger partial charge < -0.3 is 20.1 Å². The predicted octanol–water partition coefficient (Wildman–Crippen LogP) is 5.95.